The van der Waals surface area contributed by atoms with E-state index in [1.807, 2.05) is 0 Å². The molecule has 0 heterocycles. The van der Waals surface area contributed by atoms with E-state index in [0.717, 1.165) is 0 Å². The Labute approximate surface area is 111 Å². The van der Waals surface area contributed by atoms with Gasteiger partial charge in [0.05, 0.1) is 12.8 Å². The van der Waals surface area contributed by atoms with E-state index in [2.05, 4.69) is 21.6 Å². The quantitative estimate of drug-likeness (QED) is 0.369. The molecule has 0 fully saturated rings. The third kappa shape index (κ3) is 3.70. The first kappa shape index (κ1) is 14.5. The lowest BCUT2D eigenvalue weighted by molar-refractivity contribution is 0.0597. The number of nitrogens with zero attached hydrogens (tertiary/aromatic N) is 1. The van der Waals surface area contributed by atoms with E-state index in [9.17, 15) is 9.90 Å². The highest BCUT2D eigenvalue weighted by atomic mass is 16.5. The van der Waals surface area contributed by atoms with Crippen LogP contribution in [0.15, 0.2) is 47.7 Å². The highest BCUT2D eigenvalue weighted by Crippen LogP contribution is 2.29. The van der Waals surface area contributed by atoms with Crippen LogP contribution in [0.3, 0.4) is 0 Å². The van der Waals surface area contributed by atoms with Gasteiger partial charge in [0.25, 0.3) is 0 Å². The number of carbonyl (C=O) groups excluding carboxylic acids is 1. The predicted octanol–water partition coefficient (Wildman–Crippen LogP) is 2.71. The second-order valence-electron chi connectivity index (χ2n) is 3.49. The number of phenolic OH excluding ortho intramolecular Hbond substituents is 1. The van der Waals surface area contributed by atoms with E-state index in [-0.39, 0.29) is 11.3 Å². The number of aromatic hydroxyl groups is 1. The van der Waals surface area contributed by atoms with Crippen molar-refractivity contribution in [1.82, 2.24) is 0 Å². The fourth-order valence-corrected chi connectivity index (χ4v) is 1.42. The largest absolute Gasteiger partial charge is 0.505 e. The van der Waals surface area contributed by atoms with Crippen LogP contribution in [0.2, 0.25) is 0 Å². The van der Waals surface area contributed by atoms with Crippen LogP contribution in [0.4, 0.5) is 5.69 Å². The standard InChI is InChI=1S/C14H16N2O3/c1-4-7-12(15-5-2)16-11-9-6-8-10(13(11)17)14(18)19-3/h4-9,16-17H,1H2,2-3H3/b12-7+,15-5-. The average Bonchev–Trinajstić information content (AvgIpc) is 2.41. The molecule has 0 bridgehead atoms. The van der Waals surface area contributed by atoms with Gasteiger partial charge in [-0.15, -0.1) is 0 Å². The van der Waals surface area contributed by atoms with E-state index in [1.54, 1.807) is 37.4 Å². The van der Waals surface area contributed by atoms with E-state index >= 15 is 0 Å². The zero-order valence-electron chi connectivity index (χ0n) is 10.9. The molecular weight excluding hydrogens is 244 g/mol. The minimum atomic E-state index is -0.602. The molecule has 100 valence electrons. The molecule has 1 rings (SSSR count). The topological polar surface area (TPSA) is 70.9 Å². The van der Waals surface area contributed by atoms with E-state index < -0.39 is 5.97 Å². The van der Waals surface area contributed by atoms with Crippen LogP contribution in [-0.2, 0) is 4.74 Å². The number of esters is 1. The van der Waals surface area contributed by atoms with Crippen LogP contribution in [0, 0.1) is 0 Å². The number of nitrogens with one attached hydrogen (secondary N) is 1. The summed E-state index contributed by atoms with van der Waals surface area (Å²) in [6, 6.07) is 4.74. The molecule has 1 aromatic rings. The van der Waals surface area contributed by atoms with Gasteiger partial charge in [0.2, 0.25) is 0 Å². The van der Waals surface area contributed by atoms with E-state index in [0.29, 0.717) is 11.5 Å². The molecular formula is C14H16N2O3. The van der Waals surface area contributed by atoms with Crippen LogP contribution in [0.25, 0.3) is 0 Å². The summed E-state index contributed by atoms with van der Waals surface area (Å²) < 4.78 is 4.58. The number of benzene rings is 1. The molecule has 0 saturated heterocycles. The fourth-order valence-electron chi connectivity index (χ4n) is 1.42. The maximum atomic E-state index is 11.5. The molecule has 0 atom stereocenters. The Bertz CT molecular complexity index is 533. The zero-order valence-corrected chi connectivity index (χ0v) is 10.9. The Morgan fingerprint density at radius 3 is 2.84 bits per heavy atom. The first-order chi connectivity index (χ1) is 9.13. The number of anilines is 1. The van der Waals surface area contributed by atoms with Crippen molar-refractivity contribution in [2.24, 2.45) is 4.99 Å². The van der Waals surface area contributed by atoms with Crippen molar-refractivity contribution in [3.8, 4) is 5.75 Å². The maximum absolute atomic E-state index is 11.5. The Morgan fingerprint density at radius 2 is 2.26 bits per heavy atom. The van der Waals surface area contributed by atoms with Gasteiger partial charge < -0.3 is 15.2 Å². The maximum Gasteiger partial charge on any atom is 0.341 e. The summed E-state index contributed by atoms with van der Waals surface area (Å²) in [6.45, 7) is 5.35. The summed E-state index contributed by atoms with van der Waals surface area (Å²) in [6.07, 6.45) is 4.81. The van der Waals surface area contributed by atoms with Gasteiger partial charge in [0, 0.05) is 6.21 Å². The SMILES string of the molecule is C=C/C=C(\N=C/C)Nc1cccc(C(=O)OC)c1O. The van der Waals surface area contributed by atoms with Crippen LogP contribution in [-0.4, -0.2) is 24.4 Å². The van der Waals surface area contributed by atoms with Gasteiger partial charge in [-0.3, -0.25) is 0 Å². The average molecular weight is 260 g/mol. The Hall–Kier alpha value is -2.56. The van der Waals surface area contributed by atoms with Crippen molar-refractivity contribution in [3.05, 3.63) is 48.3 Å². The minimum Gasteiger partial charge on any atom is -0.505 e. The Kier molecular flexibility index (Phi) is 5.35. The number of ether oxygens (including phenoxy) is 1. The summed E-state index contributed by atoms with van der Waals surface area (Å²) in [5.74, 6) is -0.292. The number of aliphatic imine (C=N–C) groups is 1. The van der Waals surface area contributed by atoms with Crippen LogP contribution >= 0.6 is 0 Å². The molecule has 2 N–H and O–H groups in total. The first-order valence-electron chi connectivity index (χ1n) is 5.62. The molecule has 19 heavy (non-hydrogen) atoms. The number of hydrogen-bond acceptors (Lipinski definition) is 5. The smallest absolute Gasteiger partial charge is 0.341 e. The van der Waals surface area contributed by atoms with Gasteiger partial charge in [-0.2, -0.15) is 0 Å². The number of carbonyl (C=O) groups is 1. The molecule has 0 aliphatic rings. The van der Waals surface area contributed by atoms with Crippen molar-refractivity contribution in [1.29, 1.82) is 0 Å². The van der Waals surface area contributed by atoms with Gasteiger partial charge in [-0.05, 0) is 25.1 Å². The van der Waals surface area contributed by atoms with Crippen LogP contribution in [0.5, 0.6) is 5.75 Å². The summed E-state index contributed by atoms with van der Waals surface area (Å²) in [5.41, 5.74) is 0.451. The van der Waals surface area contributed by atoms with Crippen molar-refractivity contribution in [2.75, 3.05) is 12.4 Å². The molecule has 0 saturated carbocycles. The molecule has 0 radical (unpaired) electrons. The summed E-state index contributed by atoms with van der Waals surface area (Å²) in [7, 11) is 1.26. The molecule has 0 spiro atoms. The number of rotatable bonds is 5. The number of methoxy groups -OCH3 is 1. The predicted molar refractivity (Wildman–Crippen MR) is 75.5 cm³/mol. The molecule has 0 unspecified atom stereocenters. The Balaban J connectivity index is 3.11. The highest BCUT2D eigenvalue weighted by molar-refractivity contribution is 5.94. The monoisotopic (exact) mass is 260 g/mol. The lowest BCUT2D eigenvalue weighted by Gasteiger charge is -2.10. The summed E-state index contributed by atoms with van der Waals surface area (Å²) >= 11 is 0. The fraction of sp³-hybridized carbons (Fsp3) is 0.143. The summed E-state index contributed by atoms with van der Waals surface area (Å²) in [4.78, 5) is 15.5. The highest BCUT2D eigenvalue weighted by Gasteiger charge is 2.14. The molecule has 5 nitrogen and oxygen atoms in total. The van der Waals surface area contributed by atoms with Crippen LogP contribution < -0.4 is 5.32 Å². The zero-order chi connectivity index (χ0) is 14.3. The molecule has 0 aromatic heterocycles. The van der Waals surface area contributed by atoms with Crippen molar-refractivity contribution >= 4 is 17.9 Å². The van der Waals surface area contributed by atoms with Gasteiger partial charge in [0.15, 0.2) is 5.75 Å². The molecule has 0 aliphatic carbocycles. The Morgan fingerprint density at radius 1 is 1.53 bits per heavy atom. The van der Waals surface area contributed by atoms with Gasteiger partial charge in [0.1, 0.15) is 11.4 Å². The minimum absolute atomic E-state index is 0.0888. The second kappa shape index (κ2) is 7.00. The number of phenols is 1. The second-order valence-corrected chi connectivity index (χ2v) is 3.49. The molecule has 1 aromatic carbocycles. The van der Waals surface area contributed by atoms with Gasteiger partial charge in [-0.1, -0.05) is 18.7 Å². The lowest BCUT2D eigenvalue weighted by Crippen LogP contribution is -2.04. The summed E-state index contributed by atoms with van der Waals surface area (Å²) in [5, 5.41) is 12.9. The number of allylic oxidation sites excluding steroid dienone is 2. The molecule has 5 heteroatoms. The van der Waals surface area contributed by atoms with Gasteiger partial charge >= 0.3 is 5.97 Å². The van der Waals surface area contributed by atoms with Crippen molar-refractivity contribution in [2.45, 2.75) is 6.92 Å². The first-order valence-corrected chi connectivity index (χ1v) is 5.62. The van der Waals surface area contributed by atoms with Crippen molar-refractivity contribution < 1.29 is 14.6 Å². The third-order valence-electron chi connectivity index (χ3n) is 2.25. The molecule has 0 amide bonds. The van der Waals surface area contributed by atoms with E-state index in [1.165, 1.54) is 13.2 Å². The van der Waals surface area contributed by atoms with E-state index in [4.69, 9.17) is 0 Å². The molecule has 0 aliphatic heterocycles. The number of para-hydroxylation sites is 1. The van der Waals surface area contributed by atoms with Crippen LogP contribution in [0.1, 0.15) is 17.3 Å². The third-order valence-corrected chi connectivity index (χ3v) is 2.25. The van der Waals surface area contributed by atoms with Gasteiger partial charge in [-0.25, -0.2) is 9.79 Å². The normalized spacial score (nSPS) is 11.4. The number of hydrogen-bond donors (Lipinski definition) is 2. The lowest BCUT2D eigenvalue weighted by atomic mass is 10.1. The van der Waals surface area contributed by atoms with Crippen molar-refractivity contribution in [3.63, 3.8) is 0 Å².